The fraction of sp³-hybridized carbons (Fsp3) is 0.450. The van der Waals surface area contributed by atoms with Crippen LogP contribution in [0.1, 0.15) is 12.0 Å². The van der Waals surface area contributed by atoms with Gasteiger partial charge in [0.15, 0.2) is 11.5 Å². The third-order valence-electron chi connectivity index (χ3n) is 4.98. The van der Waals surface area contributed by atoms with E-state index in [4.69, 9.17) is 9.47 Å². The number of piperazine rings is 1. The maximum absolute atomic E-state index is 12.7. The summed E-state index contributed by atoms with van der Waals surface area (Å²) in [6.45, 7) is 3.12. The molecule has 0 radical (unpaired) electrons. The summed E-state index contributed by atoms with van der Waals surface area (Å²) in [6, 6.07) is 5.26. The minimum Gasteiger partial charge on any atom is -0.493 e. The van der Waals surface area contributed by atoms with Crippen LogP contribution in [0.4, 0.5) is 4.79 Å². The maximum atomic E-state index is 12.7. The molecule has 0 aromatic heterocycles. The maximum Gasteiger partial charge on any atom is 0.293 e. The van der Waals surface area contributed by atoms with Crippen LogP contribution in [-0.4, -0.2) is 85.7 Å². The molecule has 2 saturated heterocycles. The number of benzene rings is 1. The van der Waals surface area contributed by atoms with Gasteiger partial charge in [-0.1, -0.05) is 6.07 Å². The van der Waals surface area contributed by atoms with Gasteiger partial charge in [-0.2, -0.15) is 0 Å². The van der Waals surface area contributed by atoms with E-state index in [2.05, 4.69) is 4.90 Å². The monoisotopic (exact) mass is 419 g/mol. The Hall–Kier alpha value is -2.52. The van der Waals surface area contributed by atoms with Gasteiger partial charge in [0.2, 0.25) is 5.91 Å². The van der Waals surface area contributed by atoms with Crippen molar-refractivity contribution >= 4 is 34.9 Å². The lowest BCUT2D eigenvalue weighted by Gasteiger charge is -2.32. The molecule has 0 N–H and O–H groups in total. The fourth-order valence-corrected chi connectivity index (χ4v) is 4.07. The van der Waals surface area contributed by atoms with Gasteiger partial charge in [-0.15, -0.1) is 0 Å². The molecule has 3 rings (SSSR count). The molecule has 1 aromatic carbocycles. The summed E-state index contributed by atoms with van der Waals surface area (Å²) >= 11 is 0.882. The molecule has 2 aliphatic rings. The Bertz CT molecular complexity index is 833. The lowest BCUT2D eigenvalue weighted by atomic mass is 10.2. The molecular formula is C20H25N3O5S. The molecule has 0 atom stereocenters. The molecule has 9 heteroatoms. The number of imide groups is 1. The van der Waals surface area contributed by atoms with Crippen LogP contribution in [-0.2, 0) is 9.59 Å². The van der Waals surface area contributed by atoms with Crippen molar-refractivity contribution < 1.29 is 23.9 Å². The molecule has 1 aromatic rings. The summed E-state index contributed by atoms with van der Waals surface area (Å²) in [5.74, 6) is 0.723. The number of rotatable bonds is 6. The number of methoxy groups -OCH3 is 2. The molecule has 0 bridgehead atoms. The normalized spacial score (nSPS) is 19.2. The van der Waals surface area contributed by atoms with Gasteiger partial charge < -0.3 is 19.3 Å². The molecule has 0 unspecified atom stereocenters. The van der Waals surface area contributed by atoms with Crippen molar-refractivity contribution in [2.45, 2.75) is 6.42 Å². The van der Waals surface area contributed by atoms with Gasteiger partial charge in [0.05, 0.1) is 19.1 Å². The van der Waals surface area contributed by atoms with Crippen molar-refractivity contribution in [1.29, 1.82) is 0 Å². The van der Waals surface area contributed by atoms with E-state index in [1.165, 1.54) is 7.11 Å². The number of carbonyl (C=O) groups excluding carboxylic acids is 3. The molecule has 2 aliphatic heterocycles. The van der Waals surface area contributed by atoms with Crippen molar-refractivity contribution in [3.8, 4) is 11.5 Å². The Morgan fingerprint density at radius 3 is 2.45 bits per heavy atom. The van der Waals surface area contributed by atoms with Gasteiger partial charge in [-0.05, 0) is 42.6 Å². The van der Waals surface area contributed by atoms with E-state index in [0.717, 1.165) is 35.3 Å². The van der Waals surface area contributed by atoms with E-state index < -0.39 is 0 Å². The van der Waals surface area contributed by atoms with Crippen LogP contribution >= 0.6 is 11.8 Å². The quantitative estimate of drug-likeness (QED) is 0.652. The van der Waals surface area contributed by atoms with Crippen molar-refractivity contribution in [1.82, 2.24) is 14.7 Å². The van der Waals surface area contributed by atoms with Gasteiger partial charge in [0.25, 0.3) is 11.1 Å². The summed E-state index contributed by atoms with van der Waals surface area (Å²) in [4.78, 5) is 42.8. The van der Waals surface area contributed by atoms with Crippen LogP contribution in [0, 0.1) is 0 Å². The van der Waals surface area contributed by atoms with E-state index in [1.54, 1.807) is 36.3 Å². The number of nitrogens with zero attached hydrogens (tertiary/aromatic N) is 3. The van der Waals surface area contributed by atoms with Crippen molar-refractivity contribution in [2.24, 2.45) is 0 Å². The summed E-state index contributed by atoms with van der Waals surface area (Å²) in [5.41, 5.74) is 0.724. The second-order valence-electron chi connectivity index (χ2n) is 6.88. The van der Waals surface area contributed by atoms with Gasteiger partial charge in [-0.3, -0.25) is 19.3 Å². The number of carbonyl (C=O) groups is 3. The summed E-state index contributed by atoms with van der Waals surface area (Å²) < 4.78 is 10.5. The van der Waals surface area contributed by atoms with Crippen molar-refractivity contribution in [3.05, 3.63) is 28.7 Å². The largest absolute Gasteiger partial charge is 0.493 e. The highest BCUT2D eigenvalue weighted by Gasteiger charge is 2.35. The SMILES string of the molecule is COc1ccc(C=C2SC(=O)N(CCC(=O)N3CCN(C)CC3)C2=O)cc1OC. The zero-order valence-electron chi connectivity index (χ0n) is 16.8. The fourth-order valence-electron chi connectivity index (χ4n) is 3.21. The zero-order chi connectivity index (χ0) is 21.0. The molecule has 8 nitrogen and oxygen atoms in total. The first-order chi connectivity index (χ1) is 13.9. The predicted octanol–water partition coefficient (Wildman–Crippen LogP) is 1.90. The smallest absolute Gasteiger partial charge is 0.293 e. The number of hydrogen-bond acceptors (Lipinski definition) is 7. The molecule has 0 aliphatic carbocycles. The average Bonchev–Trinajstić information content (AvgIpc) is 2.99. The van der Waals surface area contributed by atoms with Gasteiger partial charge >= 0.3 is 0 Å². The van der Waals surface area contributed by atoms with Crippen LogP contribution in [0.5, 0.6) is 11.5 Å². The van der Waals surface area contributed by atoms with E-state index in [9.17, 15) is 14.4 Å². The summed E-state index contributed by atoms with van der Waals surface area (Å²) in [5, 5.41) is -0.354. The number of ether oxygens (including phenoxy) is 2. The Morgan fingerprint density at radius 1 is 1.10 bits per heavy atom. The standard InChI is InChI=1S/C20H25N3O5S/c1-21-8-10-22(11-9-21)18(24)6-7-23-19(25)17(29-20(23)26)13-14-4-5-15(27-2)16(12-14)28-3/h4-5,12-13H,6-11H2,1-3H3. The van der Waals surface area contributed by atoms with E-state index in [0.29, 0.717) is 29.5 Å². The lowest BCUT2D eigenvalue weighted by molar-refractivity contribution is -0.133. The van der Waals surface area contributed by atoms with Crippen LogP contribution in [0.2, 0.25) is 0 Å². The zero-order valence-corrected chi connectivity index (χ0v) is 17.7. The second-order valence-corrected chi connectivity index (χ2v) is 7.88. The molecule has 0 saturated carbocycles. The Balaban J connectivity index is 1.63. The Labute approximate surface area is 174 Å². The topological polar surface area (TPSA) is 79.4 Å². The summed E-state index contributed by atoms with van der Waals surface area (Å²) in [7, 11) is 5.10. The Morgan fingerprint density at radius 2 is 1.79 bits per heavy atom. The highest BCUT2D eigenvalue weighted by atomic mass is 32.2. The molecule has 2 heterocycles. The predicted molar refractivity (Wildman–Crippen MR) is 111 cm³/mol. The van der Waals surface area contributed by atoms with Crippen LogP contribution < -0.4 is 9.47 Å². The summed E-state index contributed by atoms with van der Waals surface area (Å²) in [6.07, 6.45) is 1.79. The van der Waals surface area contributed by atoms with E-state index in [1.807, 2.05) is 7.05 Å². The first-order valence-corrected chi connectivity index (χ1v) is 10.2. The highest BCUT2D eigenvalue weighted by Crippen LogP contribution is 2.34. The highest BCUT2D eigenvalue weighted by molar-refractivity contribution is 8.18. The second kappa shape index (κ2) is 9.32. The van der Waals surface area contributed by atoms with Crippen LogP contribution in [0.3, 0.4) is 0 Å². The van der Waals surface area contributed by atoms with Crippen LogP contribution in [0.15, 0.2) is 23.1 Å². The van der Waals surface area contributed by atoms with Crippen LogP contribution in [0.25, 0.3) is 6.08 Å². The number of likely N-dealkylation sites (N-methyl/N-ethyl adjacent to an activating group) is 1. The molecule has 29 heavy (non-hydrogen) atoms. The van der Waals surface area contributed by atoms with Gasteiger partial charge in [-0.25, -0.2) is 0 Å². The third kappa shape index (κ3) is 4.91. The third-order valence-corrected chi connectivity index (χ3v) is 5.89. The number of hydrogen-bond donors (Lipinski definition) is 0. The number of thioether (sulfide) groups is 1. The molecular weight excluding hydrogens is 394 g/mol. The van der Waals surface area contributed by atoms with Crippen molar-refractivity contribution in [3.63, 3.8) is 0 Å². The van der Waals surface area contributed by atoms with Gasteiger partial charge in [0.1, 0.15) is 0 Å². The molecule has 2 fully saturated rings. The average molecular weight is 420 g/mol. The first kappa shape index (κ1) is 21.2. The van der Waals surface area contributed by atoms with E-state index in [-0.39, 0.29) is 30.0 Å². The molecule has 3 amide bonds. The molecule has 0 spiro atoms. The first-order valence-electron chi connectivity index (χ1n) is 9.36. The minimum absolute atomic E-state index is 0.0268. The van der Waals surface area contributed by atoms with Gasteiger partial charge in [0, 0.05) is 39.1 Å². The van der Waals surface area contributed by atoms with Crippen molar-refractivity contribution in [2.75, 3.05) is 54.0 Å². The number of amides is 3. The molecule has 156 valence electrons. The van der Waals surface area contributed by atoms with E-state index >= 15 is 0 Å². The Kier molecular flexibility index (Phi) is 6.81. The lowest BCUT2D eigenvalue weighted by Crippen LogP contribution is -2.47. The minimum atomic E-state index is -0.374.